The lowest BCUT2D eigenvalue weighted by molar-refractivity contribution is -0.138. The Bertz CT molecular complexity index is 1220. The lowest BCUT2D eigenvalue weighted by atomic mass is 9.94. The fourth-order valence-electron chi connectivity index (χ4n) is 4.18. The summed E-state index contributed by atoms with van der Waals surface area (Å²) in [5.74, 6) is -0.603. The third kappa shape index (κ3) is 5.04. The molecular formula is C25H28N4O5. The summed E-state index contributed by atoms with van der Waals surface area (Å²) in [4.78, 5) is 25.7. The third-order valence-corrected chi connectivity index (χ3v) is 6.00. The minimum atomic E-state index is -0.955. The Kier molecular flexibility index (Phi) is 6.56. The number of likely N-dealkylation sites (N-methyl/N-ethyl adjacent to an activating group) is 1. The standard InChI is InChI=1S/C25H28N4O5/c1-29(2)24(30)21-12-19(13-28-21)33-17-6-3-14(4-7-17)20(25(31)32)11-18-10-16-9-15(23(26)27)5-8-22(16)34-18/h3-10,19-21,28H,11-13H2,1-2H3,(H3,26,27)(H,31,32)/t19-,20?,21-/m0/s1. The maximum atomic E-state index is 12.1. The maximum Gasteiger partial charge on any atom is 0.311 e. The number of nitrogens with zero attached hydrogens (tertiary/aromatic N) is 1. The Hall–Kier alpha value is -3.85. The second-order valence-electron chi connectivity index (χ2n) is 8.71. The number of carbonyl (C=O) groups is 2. The molecular weight excluding hydrogens is 436 g/mol. The van der Waals surface area contributed by atoms with Gasteiger partial charge in [0.05, 0.1) is 12.0 Å². The second kappa shape index (κ2) is 9.56. The topological polar surface area (TPSA) is 142 Å². The van der Waals surface area contributed by atoms with Crippen molar-refractivity contribution in [3.8, 4) is 5.75 Å². The number of furan rings is 1. The van der Waals surface area contributed by atoms with Gasteiger partial charge in [0.25, 0.3) is 0 Å². The molecule has 4 rings (SSSR count). The molecule has 0 bridgehead atoms. The SMILES string of the molecule is CN(C)C(=O)[C@@H]1C[C@H](Oc2ccc(C(Cc3cc4cc(C(=N)N)ccc4o3)C(=O)O)cc2)CN1. The van der Waals surface area contributed by atoms with Gasteiger partial charge in [-0.05, 0) is 42.0 Å². The van der Waals surface area contributed by atoms with Crippen molar-refractivity contribution in [1.82, 2.24) is 10.2 Å². The molecule has 1 amide bonds. The van der Waals surface area contributed by atoms with Crippen molar-refractivity contribution in [2.24, 2.45) is 5.73 Å². The summed E-state index contributed by atoms with van der Waals surface area (Å²) in [6.45, 7) is 0.571. The minimum absolute atomic E-state index is 0.0221. The van der Waals surface area contributed by atoms with Crippen molar-refractivity contribution < 1.29 is 23.8 Å². The Labute approximate surface area is 197 Å². The number of nitrogens with one attached hydrogen (secondary N) is 2. The Morgan fingerprint density at radius 1 is 1.24 bits per heavy atom. The van der Waals surface area contributed by atoms with Crippen LogP contribution in [0, 0.1) is 5.41 Å². The van der Waals surface area contributed by atoms with E-state index in [9.17, 15) is 14.7 Å². The highest BCUT2D eigenvalue weighted by molar-refractivity contribution is 5.98. The summed E-state index contributed by atoms with van der Waals surface area (Å²) >= 11 is 0. The van der Waals surface area contributed by atoms with E-state index in [4.69, 9.17) is 20.3 Å². The van der Waals surface area contributed by atoms with Crippen LogP contribution in [0.15, 0.2) is 52.9 Å². The average molecular weight is 465 g/mol. The van der Waals surface area contributed by atoms with Crippen LogP contribution in [-0.4, -0.2) is 60.5 Å². The van der Waals surface area contributed by atoms with Gasteiger partial charge in [-0.2, -0.15) is 0 Å². The monoisotopic (exact) mass is 464 g/mol. The summed E-state index contributed by atoms with van der Waals surface area (Å²) in [7, 11) is 3.45. The van der Waals surface area contributed by atoms with E-state index >= 15 is 0 Å². The second-order valence-corrected chi connectivity index (χ2v) is 8.71. The molecule has 9 nitrogen and oxygen atoms in total. The van der Waals surface area contributed by atoms with Crippen LogP contribution in [0.2, 0.25) is 0 Å². The molecule has 0 spiro atoms. The van der Waals surface area contributed by atoms with Crippen LogP contribution < -0.4 is 15.8 Å². The van der Waals surface area contributed by atoms with E-state index in [0.29, 0.717) is 41.2 Å². The molecule has 0 aliphatic carbocycles. The first-order valence-electron chi connectivity index (χ1n) is 11.0. The summed E-state index contributed by atoms with van der Waals surface area (Å²) in [6, 6.07) is 13.7. The number of rotatable bonds is 8. The summed E-state index contributed by atoms with van der Waals surface area (Å²) < 4.78 is 11.8. The van der Waals surface area contributed by atoms with Gasteiger partial charge < -0.3 is 30.2 Å². The Balaban J connectivity index is 1.44. The van der Waals surface area contributed by atoms with Gasteiger partial charge in [-0.25, -0.2) is 0 Å². The average Bonchev–Trinajstić information content (AvgIpc) is 3.43. The number of carbonyl (C=O) groups excluding carboxylic acids is 1. The molecule has 1 aliphatic rings. The zero-order valence-electron chi connectivity index (χ0n) is 19.1. The van der Waals surface area contributed by atoms with Crippen molar-refractivity contribution in [2.45, 2.75) is 30.9 Å². The molecule has 2 aromatic carbocycles. The molecule has 3 aromatic rings. The number of amidine groups is 1. The number of hydrogen-bond donors (Lipinski definition) is 4. The number of ether oxygens (including phenoxy) is 1. The molecule has 178 valence electrons. The molecule has 1 fully saturated rings. The fourth-order valence-corrected chi connectivity index (χ4v) is 4.18. The van der Waals surface area contributed by atoms with Crippen molar-refractivity contribution in [2.75, 3.05) is 20.6 Å². The molecule has 34 heavy (non-hydrogen) atoms. The number of carboxylic acids is 1. The number of aliphatic carboxylic acids is 1. The predicted molar refractivity (Wildman–Crippen MR) is 127 cm³/mol. The van der Waals surface area contributed by atoms with Gasteiger partial charge >= 0.3 is 5.97 Å². The van der Waals surface area contributed by atoms with Crippen molar-refractivity contribution in [1.29, 1.82) is 5.41 Å². The van der Waals surface area contributed by atoms with Crippen molar-refractivity contribution >= 4 is 28.7 Å². The van der Waals surface area contributed by atoms with Crippen LogP contribution in [-0.2, 0) is 16.0 Å². The molecule has 2 heterocycles. The molecule has 0 radical (unpaired) electrons. The number of nitrogen functional groups attached to an aromatic ring is 1. The third-order valence-electron chi connectivity index (χ3n) is 6.00. The summed E-state index contributed by atoms with van der Waals surface area (Å²) in [5, 5.41) is 21.4. The van der Waals surface area contributed by atoms with Gasteiger partial charge in [0, 0.05) is 44.4 Å². The smallest absolute Gasteiger partial charge is 0.311 e. The van der Waals surface area contributed by atoms with Gasteiger partial charge in [0.1, 0.15) is 29.0 Å². The number of fused-ring (bicyclic) bond motifs is 1. The first-order valence-corrected chi connectivity index (χ1v) is 11.0. The molecule has 5 N–H and O–H groups in total. The van der Waals surface area contributed by atoms with Gasteiger partial charge in [0.2, 0.25) is 5.91 Å². The Morgan fingerprint density at radius 2 is 1.97 bits per heavy atom. The van der Waals surface area contributed by atoms with Gasteiger partial charge in [-0.1, -0.05) is 12.1 Å². The zero-order chi connectivity index (χ0) is 24.4. The fraction of sp³-hybridized carbons (Fsp3) is 0.320. The highest BCUT2D eigenvalue weighted by atomic mass is 16.5. The van der Waals surface area contributed by atoms with E-state index < -0.39 is 11.9 Å². The quantitative estimate of drug-likeness (QED) is 0.296. The van der Waals surface area contributed by atoms with Crippen LogP contribution in [0.5, 0.6) is 5.75 Å². The number of benzene rings is 2. The van der Waals surface area contributed by atoms with Crippen LogP contribution in [0.4, 0.5) is 0 Å². The van der Waals surface area contributed by atoms with E-state index in [1.54, 1.807) is 67.5 Å². The minimum Gasteiger partial charge on any atom is -0.489 e. The highest BCUT2D eigenvalue weighted by Gasteiger charge is 2.31. The lowest BCUT2D eigenvalue weighted by Crippen LogP contribution is -2.39. The van der Waals surface area contributed by atoms with Crippen LogP contribution in [0.3, 0.4) is 0 Å². The molecule has 9 heteroatoms. The maximum absolute atomic E-state index is 12.1. The number of hydrogen-bond acceptors (Lipinski definition) is 6. The van der Waals surface area contributed by atoms with E-state index in [0.717, 1.165) is 5.39 Å². The van der Waals surface area contributed by atoms with E-state index in [-0.39, 0.29) is 30.3 Å². The van der Waals surface area contributed by atoms with E-state index in [2.05, 4.69) is 5.32 Å². The predicted octanol–water partition coefficient (Wildman–Crippen LogP) is 2.33. The largest absolute Gasteiger partial charge is 0.489 e. The number of carboxylic acid groups (broad SMARTS) is 1. The first-order chi connectivity index (χ1) is 16.2. The van der Waals surface area contributed by atoms with Crippen LogP contribution >= 0.6 is 0 Å². The molecule has 1 unspecified atom stereocenters. The van der Waals surface area contributed by atoms with Gasteiger partial charge in [-0.3, -0.25) is 15.0 Å². The van der Waals surface area contributed by atoms with Crippen LogP contribution in [0.1, 0.15) is 29.2 Å². The first kappa shape index (κ1) is 23.3. The molecule has 3 atom stereocenters. The number of amides is 1. The number of nitrogens with two attached hydrogens (primary N) is 1. The van der Waals surface area contributed by atoms with E-state index in [1.165, 1.54) is 0 Å². The van der Waals surface area contributed by atoms with Crippen LogP contribution in [0.25, 0.3) is 11.0 Å². The van der Waals surface area contributed by atoms with Crippen molar-refractivity contribution in [3.05, 3.63) is 65.4 Å². The summed E-state index contributed by atoms with van der Waals surface area (Å²) in [6.07, 6.45) is 0.625. The van der Waals surface area contributed by atoms with Gasteiger partial charge in [-0.15, -0.1) is 0 Å². The zero-order valence-corrected chi connectivity index (χ0v) is 19.1. The lowest BCUT2D eigenvalue weighted by Gasteiger charge is -2.17. The normalized spacial score (nSPS) is 18.5. The van der Waals surface area contributed by atoms with E-state index in [1.807, 2.05) is 0 Å². The summed E-state index contributed by atoms with van der Waals surface area (Å²) in [5.41, 5.74) is 7.38. The van der Waals surface area contributed by atoms with Gasteiger partial charge in [0.15, 0.2) is 0 Å². The molecule has 1 aromatic heterocycles. The Morgan fingerprint density at radius 3 is 2.62 bits per heavy atom. The molecule has 0 saturated carbocycles. The highest BCUT2D eigenvalue weighted by Crippen LogP contribution is 2.28. The molecule has 1 saturated heterocycles. The van der Waals surface area contributed by atoms with Crippen molar-refractivity contribution in [3.63, 3.8) is 0 Å². The molecule has 1 aliphatic heterocycles.